The van der Waals surface area contributed by atoms with Crippen molar-refractivity contribution in [2.24, 2.45) is 29.6 Å². The van der Waals surface area contributed by atoms with Crippen LogP contribution in [0, 0.1) is 41.4 Å². The topological polar surface area (TPSA) is 6.48 Å². The molecule has 2 heterocycles. The van der Waals surface area contributed by atoms with Gasteiger partial charge in [0.25, 0.3) is 6.43 Å². The van der Waals surface area contributed by atoms with Gasteiger partial charge >= 0.3 is 0 Å². The second kappa shape index (κ2) is 12.1. The van der Waals surface area contributed by atoms with Gasteiger partial charge in [0.05, 0.1) is 5.92 Å². The van der Waals surface area contributed by atoms with Gasteiger partial charge in [-0.15, -0.1) is 0 Å². The molecular weight excluding hydrogens is 354 g/mol. The Bertz CT molecular complexity index is 477. The van der Waals surface area contributed by atoms with Crippen LogP contribution in [0.2, 0.25) is 0 Å². The number of piperidine rings is 2. The number of alkyl halides is 2. The third kappa shape index (κ3) is 7.64. The van der Waals surface area contributed by atoms with E-state index in [1.54, 1.807) is 0 Å². The maximum absolute atomic E-state index is 12.5. The Morgan fingerprint density at radius 3 is 2.04 bits per heavy atom. The summed E-state index contributed by atoms with van der Waals surface area (Å²) < 4.78 is 24.9. The molecule has 4 heteroatoms. The van der Waals surface area contributed by atoms with Gasteiger partial charge < -0.3 is 9.80 Å². The number of rotatable bonds is 5. The predicted molar refractivity (Wildman–Crippen MR) is 115 cm³/mol. The molecule has 3 rings (SSSR count). The molecule has 2 saturated heterocycles. The lowest BCUT2D eigenvalue weighted by Crippen LogP contribution is -2.41. The summed E-state index contributed by atoms with van der Waals surface area (Å²) in [5.74, 6) is 8.01. The maximum Gasteiger partial charge on any atom is 0.251 e. The zero-order chi connectivity index (χ0) is 20.5. The summed E-state index contributed by atoms with van der Waals surface area (Å²) in [4.78, 5) is 5.15. The molecule has 3 fully saturated rings. The molecule has 0 aromatic heterocycles. The Balaban J connectivity index is 0.00000136. The molecule has 1 aliphatic carbocycles. The maximum atomic E-state index is 12.5. The van der Waals surface area contributed by atoms with Gasteiger partial charge in [-0.1, -0.05) is 25.7 Å². The molecule has 3 aliphatic rings. The molecule has 28 heavy (non-hydrogen) atoms. The van der Waals surface area contributed by atoms with Gasteiger partial charge in [-0.05, 0) is 103 Å². The van der Waals surface area contributed by atoms with E-state index in [9.17, 15) is 8.78 Å². The summed E-state index contributed by atoms with van der Waals surface area (Å²) in [5, 5.41) is 0. The molecule has 0 aromatic carbocycles. The number of hydrogen-bond acceptors (Lipinski definition) is 2. The highest BCUT2D eigenvalue weighted by Crippen LogP contribution is 2.40. The molecule has 1 atom stereocenters. The van der Waals surface area contributed by atoms with Crippen LogP contribution in [0.3, 0.4) is 0 Å². The predicted octanol–water partition coefficient (Wildman–Crippen LogP) is 5.39. The van der Waals surface area contributed by atoms with Crippen molar-refractivity contribution in [3.63, 3.8) is 0 Å². The summed E-state index contributed by atoms with van der Waals surface area (Å²) in [6.07, 6.45) is 6.74. The Morgan fingerprint density at radius 1 is 0.893 bits per heavy atom. The monoisotopic (exact) mass is 396 g/mol. The minimum Gasteiger partial charge on any atom is -0.306 e. The highest BCUT2D eigenvalue weighted by molar-refractivity contribution is 5.10. The third-order valence-corrected chi connectivity index (χ3v) is 6.86. The minimum atomic E-state index is -2.31. The Morgan fingerprint density at radius 2 is 1.46 bits per heavy atom. The molecule has 0 aromatic rings. The molecule has 0 spiro atoms. The molecular formula is C24H42F2N2. The molecule has 2 aliphatic heterocycles. The Labute approximate surface area is 172 Å². The molecule has 0 bridgehead atoms. The van der Waals surface area contributed by atoms with Crippen molar-refractivity contribution in [3.8, 4) is 11.8 Å². The average molecular weight is 397 g/mol. The van der Waals surface area contributed by atoms with E-state index in [1.807, 2.05) is 13.8 Å². The van der Waals surface area contributed by atoms with Gasteiger partial charge in [0.1, 0.15) is 0 Å². The van der Waals surface area contributed by atoms with E-state index < -0.39 is 12.3 Å². The Hall–Kier alpha value is -0.660. The van der Waals surface area contributed by atoms with Crippen LogP contribution in [-0.2, 0) is 0 Å². The fourth-order valence-corrected chi connectivity index (χ4v) is 4.84. The summed E-state index contributed by atoms with van der Waals surface area (Å²) >= 11 is 0. The van der Waals surface area contributed by atoms with Crippen LogP contribution in [0.25, 0.3) is 0 Å². The van der Waals surface area contributed by atoms with Crippen LogP contribution in [0.4, 0.5) is 8.78 Å². The Kier molecular flexibility index (Phi) is 10.2. The second-order valence-corrected chi connectivity index (χ2v) is 9.17. The molecule has 0 amide bonds. The zero-order valence-electron chi connectivity index (χ0n) is 18.6. The quantitative estimate of drug-likeness (QED) is 0.575. The van der Waals surface area contributed by atoms with Crippen LogP contribution in [-0.4, -0.2) is 56.0 Å². The number of likely N-dealkylation sites (tertiary alicyclic amines) is 2. The lowest BCUT2D eigenvalue weighted by molar-refractivity contribution is 0.106. The summed E-state index contributed by atoms with van der Waals surface area (Å²) in [5.41, 5.74) is 0. The summed E-state index contributed by atoms with van der Waals surface area (Å²) in [6, 6.07) is 0. The smallest absolute Gasteiger partial charge is 0.251 e. The van der Waals surface area contributed by atoms with E-state index in [4.69, 9.17) is 0 Å². The molecule has 0 radical (unpaired) electrons. The first-order valence-corrected chi connectivity index (χ1v) is 11.7. The minimum absolute atomic E-state index is 0.380. The first-order chi connectivity index (χ1) is 13.5. The van der Waals surface area contributed by atoms with Crippen LogP contribution in [0.5, 0.6) is 0 Å². The number of halogens is 2. The highest BCUT2D eigenvalue weighted by atomic mass is 19.3. The van der Waals surface area contributed by atoms with Crippen molar-refractivity contribution in [1.29, 1.82) is 0 Å². The largest absolute Gasteiger partial charge is 0.306 e. The number of nitrogens with zero attached hydrogens (tertiary/aromatic N) is 2. The van der Waals surface area contributed by atoms with Gasteiger partial charge in [0.15, 0.2) is 0 Å². The van der Waals surface area contributed by atoms with E-state index in [-0.39, 0.29) is 0 Å². The highest BCUT2D eigenvalue weighted by Gasteiger charge is 2.31. The van der Waals surface area contributed by atoms with Gasteiger partial charge in [0, 0.05) is 12.5 Å². The molecule has 1 saturated carbocycles. The van der Waals surface area contributed by atoms with Crippen molar-refractivity contribution >= 4 is 0 Å². The van der Waals surface area contributed by atoms with Gasteiger partial charge in [-0.3, -0.25) is 0 Å². The van der Waals surface area contributed by atoms with Crippen molar-refractivity contribution < 1.29 is 8.78 Å². The normalized spacial score (nSPS) is 28.7. The third-order valence-electron chi connectivity index (χ3n) is 6.86. The fraction of sp³-hybridized carbons (Fsp3) is 0.917. The summed E-state index contributed by atoms with van der Waals surface area (Å²) in [6.45, 7) is 11.9. The van der Waals surface area contributed by atoms with Gasteiger partial charge in [-0.25, -0.2) is 8.78 Å². The van der Waals surface area contributed by atoms with Gasteiger partial charge in [-0.2, -0.15) is 0 Å². The zero-order valence-corrected chi connectivity index (χ0v) is 18.6. The van der Waals surface area contributed by atoms with Crippen molar-refractivity contribution in [3.05, 3.63) is 0 Å². The molecule has 1 unspecified atom stereocenters. The average Bonchev–Trinajstić information content (AvgIpc) is 2.68. The lowest BCUT2D eigenvalue weighted by Gasteiger charge is -2.39. The molecule has 162 valence electrons. The number of hydrogen-bond donors (Lipinski definition) is 0. The summed E-state index contributed by atoms with van der Waals surface area (Å²) in [7, 11) is 2.23. The van der Waals surface area contributed by atoms with E-state index in [1.165, 1.54) is 71.8 Å². The second-order valence-electron chi connectivity index (χ2n) is 9.17. The fourth-order valence-electron chi connectivity index (χ4n) is 4.84. The van der Waals surface area contributed by atoms with Gasteiger partial charge in [0.2, 0.25) is 0 Å². The lowest BCUT2D eigenvalue weighted by atomic mass is 9.70. The van der Waals surface area contributed by atoms with Crippen LogP contribution in [0.15, 0.2) is 0 Å². The first kappa shape index (κ1) is 23.6. The first-order valence-electron chi connectivity index (χ1n) is 11.7. The van der Waals surface area contributed by atoms with E-state index in [0.717, 1.165) is 30.6 Å². The van der Waals surface area contributed by atoms with Crippen molar-refractivity contribution in [1.82, 2.24) is 9.80 Å². The standard InChI is InChI=1S/C22H36F2N2.C2H6/c1-17(22(23)24)3-4-20-14-21(15-20)13-18-7-11-26(12-8-18)16-19-5-9-25(2)10-6-19;1-2/h17-22H,5-16H2,1-2H3;1-2H3. The van der Waals surface area contributed by atoms with Crippen molar-refractivity contribution in [2.45, 2.75) is 72.1 Å². The van der Waals surface area contributed by atoms with E-state index >= 15 is 0 Å². The van der Waals surface area contributed by atoms with E-state index in [2.05, 4.69) is 28.7 Å². The van der Waals surface area contributed by atoms with E-state index in [0.29, 0.717) is 5.92 Å². The molecule has 0 N–H and O–H groups in total. The van der Waals surface area contributed by atoms with Crippen LogP contribution < -0.4 is 0 Å². The molecule has 2 nitrogen and oxygen atoms in total. The van der Waals surface area contributed by atoms with Crippen LogP contribution >= 0.6 is 0 Å². The van der Waals surface area contributed by atoms with Crippen molar-refractivity contribution in [2.75, 3.05) is 39.8 Å². The van der Waals surface area contributed by atoms with Crippen LogP contribution in [0.1, 0.15) is 65.7 Å². The SMILES string of the molecule is CC.CC(C#CC1CC(CC2CCN(CC3CCN(C)CC3)CC2)C1)C(F)F.